The van der Waals surface area contributed by atoms with Crippen molar-refractivity contribution in [3.63, 3.8) is 0 Å². The van der Waals surface area contributed by atoms with Crippen molar-refractivity contribution >= 4 is 5.78 Å². The van der Waals surface area contributed by atoms with Crippen LogP contribution in [-0.4, -0.2) is 19.0 Å². The Kier molecular flexibility index (Phi) is 2.87. The van der Waals surface area contributed by atoms with Crippen molar-refractivity contribution in [3.05, 3.63) is 35.4 Å². The molecular formula is C13H16O2. The van der Waals surface area contributed by atoms with E-state index in [-0.39, 0.29) is 18.3 Å². The molecule has 1 saturated heterocycles. The van der Waals surface area contributed by atoms with E-state index in [0.717, 1.165) is 5.56 Å². The largest absolute Gasteiger partial charge is 0.373 e. The molecule has 2 nitrogen and oxygen atoms in total. The van der Waals surface area contributed by atoms with Gasteiger partial charge in [0.2, 0.25) is 0 Å². The highest BCUT2D eigenvalue weighted by Gasteiger charge is 2.28. The van der Waals surface area contributed by atoms with Gasteiger partial charge in [0.1, 0.15) is 6.61 Å². The Bertz CT molecular complexity index is 369. The Morgan fingerprint density at radius 1 is 1.33 bits per heavy atom. The Labute approximate surface area is 90.3 Å². The molecule has 1 atom stereocenters. The zero-order valence-corrected chi connectivity index (χ0v) is 9.19. The second-order valence-electron chi connectivity index (χ2n) is 4.32. The van der Waals surface area contributed by atoms with Gasteiger partial charge in [-0.2, -0.15) is 0 Å². The van der Waals surface area contributed by atoms with Gasteiger partial charge >= 0.3 is 0 Å². The third kappa shape index (κ3) is 1.95. The van der Waals surface area contributed by atoms with Gasteiger partial charge in [-0.05, 0) is 17.0 Å². The molecule has 2 heteroatoms. The average molecular weight is 204 g/mol. The van der Waals surface area contributed by atoms with Crippen molar-refractivity contribution in [2.45, 2.75) is 25.7 Å². The van der Waals surface area contributed by atoms with Crippen LogP contribution in [0.4, 0.5) is 0 Å². The number of benzene rings is 1. The first-order valence-corrected chi connectivity index (χ1v) is 5.39. The maximum atomic E-state index is 11.6. The summed E-state index contributed by atoms with van der Waals surface area (Å²) in [6.45, 7) is 5.12. The predicted octanol–water partition coefficient (Wildman–Crippen LogP) is 2.49. The molecule has 1 heterocycles. The molecule has 0 aromatic heterocycles. The van der Waals surface area contributed by atoms with E-state index in [4.69, 9.17) is 4.74 Å². The summed E-state index contributed by atoms with van der Waals surface area (Å²) in [6.07, 6.45) is 0. The van der Waals surface area contributed by atoms with E-state index in [9.17, 15) is 4.79 Å². The van der Waals surface area contributed by atoms with Crippen LogP contribution in [0, 0.1) is 0 Å². The van der Waals surface area contributed by atoms with E-state index >= 15 is 0 Å². The summed E-state index contributed by atoms with van der Waals surface area (Å²) >= 11 is 0. The minimum Gasteiger partial charge on any atom is -0.373 e. The van der Waals surface area contributed by atoms with E-state index in [1.165, 1.54) is 5.56 Å². The summed E-state index contributed by atoms with van der Waals surface area (Å²) in [5, 5.41) is 0. The Morgan fingerprint density at radius 3 is 2.67 bits per heavy atom. The van der Waals surface area contributed by atoms with Gasteiger partial charge in [0, 0.05) is 0 Å². The number of ketones is 1. The smallest absolute Gasteiger partial charge is 0.168 e. The maximum Gasteiger partial charge on any atom is 0.168 e. The first-order chi connectivity index (χ1) is 7.20. The minimum atomic E-state index is -0.0383. The third-order valence-corrected chi connectivity index (χ3v) is 2.91. The first-order valence-electron chi connectivity index (χ1n) is 5.39. The van der Waals surface area contributed by atoms with E-state index in [0.29, 0.717) is 12.5 Å². The summed E-state index contributed by atoms with van der Waals surface area (Å²) in [4.78, 5) is 11.6. The Morgan fingerprint density at radius 2 is 2.07 bits per heavy atom. The molecule has 1 aromatic rings. The lowest BCUT2D eigenvalue weighted by atomic mass is 9.88. The van der Waals surface area contributed by atoms with Gasteiger partial charge < -0.3 is 4.74 Å². The molecular weight excluding hydrogens is 188 g/mol. The molecule has 0 spiro atoms. The van der Waals surface area contributed by atoms with Crippen LogP contribution in [0.1, 0.15) is 36.8 Å². The normalized spacial score (nSPS) is 21.3. The lowest BCUT2D eigenvalue weighted by Gasteiger charge is -2.15. The van der Waals surface area contributed by atoms with Crippen molar-refractivity contribution in [3.8, 4) is 0 Å². The number of carbonyl (C=O) groups is 1. The Hall–Kier alpha value is -1.15. The molecule has 15 heavy (non-hydrogen) atoms. The highest BCUT2D eigenvalue weighted by atomic mass is 16.5. The highest BCUT2D eigenvalue weighted by Crippen LogP contribution is 2.29. The summed E-state index contributed by atoms with van der Waals surface area (Å²) in [6, 6.07) is 8.17. The van der Waals surface area contributed by atoms with E-state index < -0.39 is 0 Å². The number of rotatable bonds is 2. The van der Waals surface area contributed by atoms with Crippen LogP contribution in [0.2, 0.25) is 0 Å². The van der Waals surface area contributed by atoms with Gasteiger partial charge in [-0.15, -0.1) is 0 Å². The van der Waals surface area contributed by atoms with Crippen molar-refractivity contribution < 1.29 is 9.53 Å². The fraction of sp³-hybridized carbons (Fsp3) is 0.462. The van der Waals surface area contributed by atoms with Gasteiger partial charge in [0.05, 0.1) is 12.5 Å². The van der Waals surface area contributed by atoms with Crippen LogP contribution in [0.25, 0.3) is 0 Å². The highest BCUT2D eigenvalue weighted by molar-refractivity contribution is 5.88. The molecule has 0 aliphatic carbocycles. The molecule has 0 N–H and O–H groups in total. The summed E-state index contributed by atoms with van der Waals surface area (Å²) in [5.41, 5.74) is 2.41. The molecule has 1 aromatic carbocycles. The third-order valence-electron chi connectivity index (χ3n) is 2.91. The Balaban J connectivity index is 2.38. The molecule has 80 valence electrons. The average Bonchev–Trinajstić information content (AvgIpc) is 2.64. The first kappa shape index (κ1) is 10.4. The zero-order valence-electron chi connectivity index (χ0n) is 9.19. The van der Waals surface area contributed by atoms with Crippen molar-refractivity contribution in [1.29, 1.82) is 0 Å². The maximum absolute atomic E-state index is 11.6. The molecule has 1 unspecified atom stereocenters. The van der Waals surface area contributed by atoms with Crippen LogP contribution in [-0.2, 0) is 9.53 Å². The molecule has 0 bridgehead atoms. The molecule has 1 aliphatic heterocycles. The van der Waals surface area contributed by atoms with Gasteiger partial charge in [-0.3, -0.25) is 4.79 Å². The lowest BCUT2D eigenvalue weighted by Crippen LogP contribution is -2.11. The number of carbonyl (C=O) groups excluding carboxylic acids is 1. The quantitative estimate of drug-likeness (QED) is 0.739. The molecule has 0 amide bonds. The van der Waals surface area contributed by atoms with Crippen LogP contribution in [0.15, 0.2) is 24.3 Å². The zero-order chi connectivity index (χ0) is 10.8. The molecule has 0 saturated carbocycles. The van der Waals surface area contributed by atoms with Gasteiger partial charge in [-0.25, -0.2) is 0 Å². The number of hydrogen-bond acceptors (Lipinski definition) is 2. The fourth-order valence-electron chi connectivity index (χ4n) is 2.09. The second kappa shape index (κ2) is 4.15. The monoisotopic (exact) mass is 204 g/mol. The van der Waals surface area contributed by atoms with Gasteiger partial charge in [0.25, 0.3) is 0 Å². The van der Waals surface area contributed by atoms with Crippen LogP contribution < -0.4 is 0 Å². The lowest BCUT2D eigenvalue weighted by molar-refractivity contribution is -0.118. The molecule has 0 radical (unpaired) electrons. The van der Waals surface area contributed by atoms with Crippen LogP contribution in [0.3, 0.4) is 0 Å². The fourth-order valence-corrected chi connectivity index (χ4v) is 2.09. The van der Waals surface area contributed by atoms with Gasteiger partial charge in [-0.1, -0.05) is 38.1 Å². The number of ether oxygens (including phenoxy) is 1. The van der Waals surface area contributed by atoms with E-state index in [1.807, 2.05) is 18.2 Å². The molecule has 1 aliphatic rings. The molecule has 1 fully saturated rings. The van der Waals surface area contributed by atoms with E-state index in [2.05, 4.69) is 19.9 Å². The van der Waals surface area contributed by atoms with Crippen molar-refractivity contribution in [2.24, 2.45) is 0 Å². The molecule has 2 rings (SSSR count). The number of hydrogen-bond donors (Lipinski definition) is 0. The predicted molar refractivity (Wildman–Crippen MR) is 59.1 cm³/mol. The van der Waals surface area contributed by atoms with Gasteiger partial charge in [0.15, 0.2) is 5.78 Å². The second-order valence-corrected chi connectivity index (χ2v) is 4.32. The van der Waals surface area contributed by atoms with Crippen molar-refractivity contribution in [1.82, 2.24) is 0 Å². The summed E-state index contributed by atoms with van der Waals surface area (Å²) in [5.74, 6) is 0.626. The SMILES string of the molecule is CC(C)c1ccccc1C1COCC1=O. The van der Waals surface area contributed by atoms with Crippen LogP contribution in [0.5, 0.6) is 0 Å². The summed E-state index contributed by atoms with van der Waals surface area (Å²) < 4.78 is 5.21. The topological polar surface area (TPSA) is 26.3 Å². The minimum absolute atomic E-state index is 0.0383. The van der Waals surface area contributed by atoms with Crippen LogP contribution >= 0.6 is 0 Å². The number of Topliss-reactive ketones (excluding diaryl/α,β-unsaturated/α-hetero) is 1. The summed E-state index contributed by atoms with van der Waals surface area (Å²) in [7, 11) is 0. The van der Waals surface area contributed by atoms with E-state index in [1.54, 1.807) is 0 Å². The van der Waals surface area contributed by atoms with Crippen molar-refractivity contribution in [2.75, 3.05) is 13.2 Å². The standard InChI is InChI=1S/C13H16O2/c1-9(2)10-5-3-4-6-11(10)12-7-15-8-13(12)14/h3-6,9,12H,7-8H2,1-2H3.